The van der Waals surface area contributed by atoms with Gasteiger partial charge in [0.15, 0.2) is 0 Å². The number of hydrogen-bond donors (Lipinski definition) is 3. The van der Waals surface area contributed by atoms with E-state index in [4.69, 9.17) is 0 Å². The first-order valence-corrected chi connectivity index (χ1v) is 13.4. The van der Waals surface area contributed by atoms with Crippen LogP contribution in [0.25, 0.3) is 22.5 Å². The molecule has 1 aliphatic carbocycles. The minimum Gasteiger partial charge on any atom is -0.358 e. The van der Waals surface area contributed by atoms with E-state index in [9.17, 15) is 4.79 Å². The van der Waals surface area contributed by atoms with E-state index in [0.29, 0.717) is 6.54 Å². The minimum atomic E-state index is -0.00277. The largest absolute Gasteiger partial charge is 0.358 e. The summed E-state index contributed by atoms with van der Waals surface area (Å²) in [6.07, 6.45) is 13.7. The van der Waals surface area contributed by atoms with E-state index in [2.05, 4.69) is 43.8 Å². The van der Waals surface area contributed by atoms with Gasteiger partial charge in [0.2, 0.25) is 0 Å². The maximum atomic E-state index is 12.1. The summed E-state index contributed by atoms with van der Waals surface area (Å²) < 4.78 is 0. The van der Waals surface area contributed by atoms with Crippen LogP contribution in [0.5, 0.6) is 0 Å². The van der Waals surface area contributed by atoms with Gasteiger partial charge >= 0.3 is 0 Å². The number of carbonyl (C=O) groups is 1. The molecular weight excluding hydrogens is 434 g/mol. The summed E-state index contributed by atoms with van der Waals surface area (Å²) >= 11 is 0. The third-order valence-corrected chi connectivity index (χ3v) is 6.94. The molecule has 3 aromatic heterocycles. The van der Waals surface area contributed by atoms with Crippen molar-refractivity contribution in [3.05, 3.63) is 59.7 Å². The fourth-order valence-corrected chi connectivity index (χ4v) is 5.02. The molecule has 2 aliphatic rings. The molecule has 186 valence electrons. The second-order valence-corrected chi connectivity index (χ2v) is 9.36. The summed E-state index contributed by atoms with van der Waals surface area (Å²) in [5, 5.41) is 6.54. The van der Waals surface area contributed by atoms with E-state index in [1.807, 2.05) is 38.4 Å². The van der Waals surface area contributed by atoms with Crippen molar-refractivity contribution in [3.8, 4) is 22.5 Å². The molecule has 0 radical (unpaired) electrons. The number of pyridine rings is 2. The number of aryl methyl sites for hydroxylation is 1. The average Bonchev–Trinajstić information content (AvgIpc) is 3.37. The molecule has 6 nitrogen and oxygen atoms in total. The molecule has 0 spiro atoms. The lowest BCUT2D eigenvalue weighted by Crippen LogP contribution is -2.31. The van der Waals surface area contributed by atoms with Crippen LogP contribution in [0.1, 0.15) is 74.1 Å². The van der Waals surface area contributed by atoms with Gasteiger partial charge in [-0.25, -0.2) is 0 Å². The summed E-state index contributed by atoms with van der Waals surface area (Å²) in [7, 11) is 0. The Morgan fingerprint density at radius 2 is 1.89 bits per heavy atom. The summed E-state index contributed by atoms with van der Waals surface area (Å²) in [5.41, 5.74) is 6.74. The first kappa shape index (κ1) is 25.1. The van der Waals surface area contributed by atoms with Crippen molar-refractivity contribution in [2.24, 2.45) is 5.92 Å². The predicted octanol–water partition coefficient (Wildman–Crippen LogP) is 5.55. The maximum Gasteiger partial charge on any atom is 0.253 e. The van der Waals surface area contributed by atoms with E-state index in [-0.39, 0.29) is 5.91 Å². The van der Waals surface area contributed by atoms with E-state index >= 15 is 0 Å². The number of aromatic nitrogens is 3. The molecule has 0 bridgehead atoms. The molecule has 1 saturated carbocycles. The Kier molecular flexibility index (Phi) is 9.07. The number of carbonyl (C=O) groups excluding carboxylic acids is 1. The molecule has 0 saturated heterocycles. The number of aromatic amines is 1. The zero-order chi connectivity index (χ0) is 24.5. The standard InChI is InChI=1S/C27H33N5O.C2H6/c33-27-23-16-26(32-24(23)11-14-30-27)20-10-13-29-25(15-20)21-8-9-22(31-18-21)7-4-12-28-17-19-5-2-1-3-6-19;1-2/h8-10,13,15-16,18-19,28,32H,1-7,11-12,14,17H2,(H,30,33);1-2H3. The predicted molar refractivity (Wildman–Crippen MR) is 142 cm³/mol. The molecule has 0 unspecified atom stereocenters. The highest BCUT2D eigenvalue weighted by Gasteiger charge is 2.20. The third kappa shape index (κ3) is 6.57. The first-order valence-electron chi connectivity index (χ1n) is 13.4. The molecule has 5 rings (SSSR count). The Morgan fingerprint density at radius 3 is 2.66 bits per heavy atom. The van der Waals surface area contributed by atoms with Gasteiger partial charge in [-0.3, -0.25) is 14.8 Å². The highest BCUT2D eigenvalue weighted by Crippen LogP contribution is 2.27. The fraction of sp³-hybridized carbons (Fsp3) is 0.483. The van der Waals surface area contributed by atoms with Gasteiger partial charge in [0.05, 0.1) is 11.3 Å². The Labute approximate surface area is 209 Å². The number of nitrogens with one attached hydrogen (secondary N) is 3. The van der Waals surface area contributed by atoms with Crippen LogP contribution >= 0.6 is 0 Å². The highest BCUT2D eigenvalue weighted by atomic mass is 16.1. The van der Waals surface area contributed by atoms with Crippen molar-refractivity contribution in [2.75, 3.05) is 19.6 Å². The highest BCUT2D eigenvalue weighted by molar-refractivity contribution is 5.97. The molecule has 1 amide bonds. The van der Waals surface area contributed by atoms with Crippen molar-refractivity contribution in [3.63, 3.8) is 0 Å². The Bertz CT molecular complexity index is 1080. The van der Waals surface area contributed by atoms with E-state index in [0.717, 1.165) is 71.2 Å². The Morgan fingerprint density at radius 1 is 1.03 bits per heavy atom. The van der Waals surface area contributed by atoms with Gasteiger partial charge in [0, 0.05) is 53.6 Å². The van der Waals surface area contributed by atoms with Crippen LogP contribution in [0.2, 0.25) is 0 Å². The van der Waals surface area contributed by atoms with Crippen LogP contribution in [0.4, 0.5) is 0 Å². The Hall–Kier alpha value is -2.99. The molecule has 3 aromatic rings. The topological polar surface area (TPSA) is 82.7 Å². The number of hydrogen-bond acceptors (Lipinski definition) is 4. The van der Waals surface area contributed by atoms with Gasteiger partial charge in [-0.1, -0.05) is 33.1 Å². The lowest BCUT2D eigenvalue weighted by Gasteiger charge is -2.21. The van der Waals surface area contributed by atoms with Crippen LogP contribution in [0.3, 0.4) is 0 Å². The number of fused-ring (bicyclic) bond motifs is 1. The minimum absolute atomic E-state index is 0.00277. The van der Waals surface area contributed by atoms with Gasteiger partial charge in [-0.15, -0.1) is 0 Å². The number of H-pyrrole nitrogens is 1. The van der Waals surface area contributed by atoms with Crippen LogP contribution in [-0.2, 0) is 12.8 Å². The summed E-state index contributed by atoms with van der Waals surface area (Å²) in [4.78, 5) is 24.7. The van der Waals surface area contributed by atoms with Crippen molar-refractivity contribution in [1.29, 1.82) is 0 Å². The fourth-order valence-electron chi connectivity index (χ4n) is 5.02. The first-order chi connectivity index (χ1) is 17.3. The van der Waals surface area contributed by atoms with Gasteiger partial charge in [-0.05, 0) is 75.0 Å². The molecule has 0 aromatic carbocycles. The van der Waals surface area contributed by atoms with Crippen LogP contribution in [0, 0.1) is 5.92 Å². The van der Waals surface area contributed by atoms with Gasteiger partial charge in [0.25, 0.3) is 5.91 Å². The second kappa shape index (κ2) is 12.6. The molecule has 6 heteroatoms. The van der Waals surface area contributed by atoms with E-state index in [1.54, 1.807) is 0 Å². The van der Waals surface area contributed by atoms with E-state index in [1.165, 1.54) is 38.6 Å². The van der Waals surface area contributed by atoms with Crippen molar-refractivity contribution >= 4 is 5.91 Å². The van der Waals surface area contributed by atoms with Crippen LogP contribution in [0.15, 0.2) is 42.7 Å². The average molecular weight is 474 g/mol. The molecule has 35 heavy (non-hydrogen) atoms. The third-order valence-electron chi connectivity index (χ3n) is 6.94. The molecule has 0 atom stereocenters. The number of amides is 1. The lowest BCUT2D eigenvalue weighted by atomic mass is 9.89. The van der Waals surface area contributed by atoms with Gasteiger partial charge < -0.3 is 15.6 Å². The van der Waals surface area contributed by atoms with Crippen molar-refractivity contribution in [1.82, 2.24) is 25.6 Å². The number of rotatable bonds is 8. The summed E-state index contributed by atoms with van der Waals surface area (Å²) in [5.74, 6) is 0.880. The molecule has 4 heterocycles. The lowest BCUT2D eigenvalue weighted by molar-refractivity contribution is 0.0946. The molecule has 1 fully saturated rings. The summed E-state index contributed by atoms with van der Waals surface area (Å²) in [6.45, 7) is 6.91. The van der Waals surface area contributed by atoms with Crippen molar-refractivity contribution in [2.45, 2.75) is 65.2 Å². The van der Waals surface area contributed by atoms with Crippen LogP contribution < -0.4 is 10.6 Å². The molecule has 1 aliphatic heterocycles. The van der Waals surface area contributed by atoms with Gasteiger partial charge in [-0.2, -0.15) is 0 Å². The zero-order valence-corrected chi connectivity index (χ0v) is 21.2. The SMILES string of the molecule is CC.O=C1NCCc2[nH]c(-c3ccnc(-c4ccc(CCCNCC5CCCCC5)nc4)c3)cc21. The van der Waals surface area contributed by atoms with E-state index < -0.39 is 0 Å². The number of nitrogens with zero attached hydrogens (tertiary/aromatic N) is 2. The van der Waals surface area contributed by atoms with Gasteiger partial charge in [0.1, 0.15) is 0 Å². The Balaban J connectivity index is 0.00000141. The summed E-state index contributed by atoms with van der Waals surface area (Å²) in [6, 6.07) is 10.2. The quantitative estimate of drug-likeness (QED) is 0.375. The smallest absolute Gasteiger partial charge is 0.253 e. The van der Waals surface area contributed by atoms with Crippen LogP contribution in [-0.4, -0.2) is 40.5 Å². The van der Waals surface area contributed by atoms with Crippen molar-refractivity contribution < 1.29 is 4.79 Å². The normalized spacial score (nSPS) is 15.7. The maximum absolute atomic E-state index is 12.1. The second-order valence-electron chi connectivity index (χ2n) is 9.36. The molecular formula is C29H39N5O. The molecule has 3 N–H and O–H groups in total. The monoisotopic (exact) mass is 473 g/mol. The zero-order valence-electron chi connectivity index (χ0n) is 21.2.